The van der Waals surface area contributed by atoms with E-state index in [1.165, 1.54) is 9.21 Å². The van der Waals surface area contributed by atoms with Crippen LogP contribution < -0.4 is 9.47 Å². The molecule has 0 saturated carbocycles. The normalized spacial score (nSPS) is 15.6. The van der Waals surface area contributed by atoms with Crippen LogP contribution in [0.4, 0.5) is 13.2 Å². The SMILES string of the molecule is O=C(COc1ccccc1)N1CCN(S(=O)(=O)c2ccc(OC(F)(F)F)cc2)CC1. The van der Waals surface area contributed by atoms with Gasteiger partial charge in [-0.3, -0.25) is 4.79 Å². The molecule has 0 unspecified atom stereocenters. The average molecular weight is 444 g/mol. The summed E-state index contributed by atoms with van der Waals surface area (Å²) in [6.45, 7) is 0.356. The first kappa shape index (κ1) is 21.9. The fraction of sp³-hybridized carbons (Fsp3) is 0.316. The van der Waals surface area contributed by atoms with Gasteiger partial charge in [0.2, 0.25) is 10.0 Å². The van der Waals surface area contributed by atoms with Gasteiger partial charge in [0.1, 0.15) is 11.5 Å². The van der Waals surface area contributed by atoms with Crippen LogP contribution in [-0.2, 0) is 14.8 Å². The molecule has 0 spiro atoms. The second-order valence-electron chi connectivity index (χ2n) is 6.41. The number of ether oxygens (including phenoxy) is 2. The van der Waals surface area contributed by atoms with Crippen molar-refractivity contribution in [3.8, 4) is 11.5 Å². The number of rotatable bonds is 6. The first-order chi connectivity index (χ1) is 14.1. The van der Waals surface area contributed by atoms with Crippen molar-refractivity contribution < 1.29 is 35.9 Å². The summed E-state index contributed by atoms with van der Waals surface area (Å²) in [6.07, 6.45) is -4.85. The Hall–Kier alpha value is -2.79. The molecule has 1 saturated heterocycles. The zero-order chi connectivity index (χ0) is 21.8. The van der Waals surface area contributed by atoms with Crippen LogP contribution in [-0.4, -0.2) is 62.7 Å². The zero-order valence-electron chi connectivity index (χ0n) is 15.7. The molecule has 1 fully saturated rings. The standard InChI is InChI=1S/C19H19F3N2O5S/c20-19(21,22)29-16-6-8-17(9-7-16)30(26,27)24-12-10-23(11-13-24)18(25)14-28-15-4-2-1-3-5-15/h1-9H,10-14H2. The van der Waals surface area contributed by atoms with E-state index in [1.807, 2.05) is 6.07 Å². The maximum Gasteiger partial charge on any atom is 0.573 e. The number of hydrogen-bond acceptors (Lipinski definition) is 5. The van der Waals surface area contributed by atoms with E-state index in [2.05, 4.69) is 4.74 Å². The highest BCUT2D eigenvalue weighted by molar-refractivity contribution is 7.89. The van der Waals surface area contributed by atoms with Gasteiger partial charge in [0.25, 0.3) is 5.91 Å². The highest BCUT2D eigenvalue weighted by Gasteiger charge is 2.32. The number of nitrogens with zero attached hydrogens (tertiary/aromatic N) is 2. The Morgan fingerprint density at radius 2 is 1.50 bits per heavy atom. The number of carbonyl (C=O) groups excluding carboxylic acids is 1. The van der Waals surface area contributed by atoms with Crippen LogP contribution in [0, 0.1) is 0 Å². The number of amides is 1. The molecule has 1 aliphatic rings. The van der Waals surface area contributed by atoms with E-state index in [-0.39, 0.29) is 43.6 Å². The Morgan fingerprint density at radius 3 is 2.07 bits per heavy atom. The quantitative estimate of drug-likeness (QED) is 0.685. The van der Waals surface area contributed by atoms with Crippen LogP contribution in [0.3, 0.4) is 0 Å². The van der Waals surface area contributed by atoms with E-state index in [0.717, 1.165) is 24.3 Å². The molecule has 0 radical (unpaired) electrons. The van der Waals surface area contributed by atoms with Gasteiger partial charge in [-0.1, -0.05) is 18.2 Å². The van der Waals surface area contributed by atoms with Crippen molar-refractivity contribution in [3.63, 3.8) is 0 Å². The molecule has 2 aromatic rings. The third kappa shape index (κ3) is 5.63. The smallest absolute Gasteiger partial charge is 0.484 e. The minimum Gasteiger partial charge on any atom is -0.484 e. The van der Waals surface area contributed by atoms with Gasteiger partial charge in [0.15, 0.2) is 6.61 Å². The van der Waals surface area contributed by atoms with Gasteiger partial charge in [-0.15, -0.1) is 13.2 Å². The maximum absolute atomic E-state index is 12.7. The molecule has 0 aromatic heterocycles. The van der Waals surface area contributed by atoms with Crippen molar-refractivity contribution in [2.75, 3.05) is 32.8 Å². The van der Waals surface area contributed by atoms with Crippen molar-refractivity contribution in [1.29, 1.82) is 0 Å². The average Bonchev–Trinajstić information content (AvgIpc) is 2.72. The fourth-order valence-electron chi connectivity index (χ4n) is 2.89. The van der Waals surface area contributed by atoms with E-state index in [9.17, 15) is 26.4 Å². The Morgan fingerprint density at radius 1 is 0.900 bits per heavy atom. The lowest BCUT2D eigenvalue weighted by Crippen LogP contribution is -2.51. The Kier molecular flexibility index (Phi) is 6.52. The van der Waals surface area contributed by atoms with Crippen molar-refractivity contribution in [2.24, 2.45) is 0 Å². The number of para-hydroxylation sites is 1. The predicted molar refractivity (Wildman–Crippen MR) is 100 cm³/mol. The van der Waals surface area contributed by atoms with Gasteiger partial charge < -0.3 is 14.4 Å². The zero-order valence-corrected chi connectivity index (χ0v) is 16.5. The molecule has 3 rings (SSSR count). The van der Waals surface area contributed by atoms with E-state index in [4.69, 9.17) is 4.74 Å². The van der Waals surface area contributed by atoms with Crippen LogP contribution in [0.15, 0.2) is 59.5 Å². The molecule has 30 heavy (non-hydrogen) atoms. The van der Waals surface area contributed by atoms with Gasteiger partial charge in [0, 0.05) is 26.2 Å². The van der Waals surface area contributed by atoms with E-state index in [0.29, 0.717) is 5.75 Å². The molecule has 0 atom stereocenters. The van der Waals surface area contributed by atoms with Crippen molar-refractivity contribution >= 4 is 15.9 Å². The number of carbonyl (C=O) groups is 1. The van der Waals surface area contributed by atoms with Crippen molar-refractivity contribution in [1.82, 2.24) is 9.21 Å². The summed E-state index contributed by atoms with van der Waals surface area (Å²) >= 11 is 0. The molecule has 1 aliphatic heterocycles. The molecular weight excluding hydrogens is 425 g/mol. The first-order valence-corrected chi connectivity index (χ1v) is 10.4. The fourth-order valence-corrected chi connectivity index (χ4v) is 4.32. The molecule has 0 aliphatic carbocycles. The van der Waals surface area contributed by atoms with Gasteiger partial charge >= 0.3 is 6.36 Å². The summed E-state index contributed by atoms with van der Waals surface area (Å²) in [5.41, 5.74) is 0. The van der Waals surface area contributed by atoms with Crippen LogP contribution in [0.1, 0.15) is 0 Å². The monoisotopic (exact) mass is 444 g/mol. The first-order valence-electron chi connectivity index (χ1n) is 8.97. The van der Waals surface area contributed by atoms with Crippen molar-refractivity contribution in [3.05, 3.63) is 54.6 Å². The Balaban J connectivity index is 1.55. The second kappa shape index (κ2) is 8.92. The lowest BCUT2D eigenvalue weighted by Gasteiger charge is -2.34. The van der Waals surface area contributed by atoms with E-state index < -0.39 is 22.1 Å². The third-order valence-electron chi connectivity index (χ3n) is 4.39. The summed E-state index contributed by atoms with van der Waals surface area (Å²) in [6, 6.07) is 12.8. The number of hydrogen-bond donors (Lipinski definition) is 0. The number of sulfonamides is 1. The van der Waals surface area contributed by atoms with Crippen LogP contribution in [0.2, 0.25) is 0 Å². The van der Waals surface area contributed by atoms with E-state index in [1.54, 1.807) is 24.3 Å². The van der Waals surface area contributed by atoms with Crippen molar-refractivity contribution in [2.45, 2.75) is 11.3 Å². The highest BCUT2D eigenvalue weighted by atomic mass is 32.2. The van der Waals surface area contributed by atoms with Gasteiger partial charge in [-0.05, 0) is 36.4 Å². The van der Waals surface area contributed by atoms with Gasteiger partial charge in [0.05, 0.1) is 4.90 Å². The summed E-state index contributed by atoms with van der Waals surface area (Å²) < 4.78 is 72.5. The van der Waals surface area contributed by atoms with Crippen LogP contribution in [0.25, 0.3) is 0 Å². The molecule has 0 N–H and O–H groups in total. The minimum absolute atomic E-state index is 0.0697. The Bertz CT molecular complexity index is 958. The number of alkyl halides is 3. The molecule has 7 nitrogen and oxygen atoms in total. The van der Waals surface area contributed by atoms with E-state index >= 15 is 0 Å². The summed E-state index contributed by atoms with van der Waals surface area (Å²) in [7, 11) is -3.90. The molecular formula is C19H19F3N2O5S. The van der Waals surface area contributed by atoms with Gasteiger partial charge in [-0.25, -0.2) is 8.42 Å². The highest BCUT2D eigenvalue weighted by Crippen LogP contribution is 2.25. The largest absolute Gasteiger partial charge is 0.573 e. The molecule has 0 bridgehead atoms. The number of benzene rings is 2. The predicted octanol–water partition coefficient (Wildman–Crippen LogP) is 2.50. The molecule has 11 heteroatoms. The summed E-state index contributed by atoms with van der Waals surface area (Å²) in [5.74, 6) is -0.204. The minimum atomic E-state index is -4.85. The third-order valence-corrected chi connectivity index (χ3v) is 6.30. The summed E-state index contributed by atoms with van der Waals surface area (Å²) in [5, 5.41) is 0. The van der Waals surface area contributed by atoms with Crippen LogP contribution in [0.5, 0.6) is 11.5 Å². The lowest BCUT2D eigenvalue weighted by atomic mass is 10.3. The second-order valence-corrected chi connectivity index (χ2v) is 8.34. The number of halogens is 3. The molecule has 1 heterocycles. The topological polar surface area (TPSA) is 76.2 Å². The summed E-state index contributed by atoms with van der Waals surface area (Å²) in [4.78, 5) is 13.6. The maximum atomic E-state index is 12.7. The lowest BCUT2D eigenvalue weighted by molar-refractivity contribution is -0.274. The molecule has 2 aromatic carbocycles. The van der Waals surface area contributed by atoms with Crippen LogP contribution >= 0.6 is 0 Å². The number of piperazine rings is 1. The molecule has 162 valence electrons. The van der Waals surface area contributed by atoms with Gasteiger partial charge in [-0.2, -0.15) is 4.31 Å². The Labute approximate surface area is 171 Å². The molecule has 1 amide bonds.